The summed E-state index contributed by atoms with van der Waals surface area (Å²) in [4.78, 5) is 0. The van der Waals surface area contributed by atoms with E-state index in [1.807, 2.05) is 0 Å². The molecule has 1 atom stereocenters. The minimum atomic E-state index is -4.00. The van der Waals surface area contributed by atoms with Gasteiger partial charge in [0.15, 0.2) is 0 Å². The van der Waals surface area contributed by atoms with Crippen molar-refractivity contribution in [1.29, 1.82) is 0 Å². The monoisotopic (exact) mass is 238 g/mol. The van der Waals surface area contributed by atoms with E-state index in [2.05, 4.69) is 0 Å². The molecule has 0 heterocycles. The summed E-state index contributed by atoms with van der Waals surface area (Å²) in [5, 5.41) is 0. The number of rotatable bonds is 1. The second kappa shape index (κ2) is 2.89. The summed E-state index contributed by atoms with van der Waals surface area (Å²) in [5.41, 5.74) is 0. The highest BCUT2D eigenvalue weighted by Crippen LogP contribution is 2.26. The van der Waals surface area contributed by atoms with Crippen molar-refractivity contribution in [1.82, 2.24) is 0 Å². The van der Waals surface area contributed by atoms with Gasteiger partial charge in [-0.05, 0) is 0 Å². The van der Waals surface area contributed by atoms with E-state index < -0.39 is 12.1 Å². The van der Waals surface area contributed by atoms with Crippen LogP contribution in [0, 0.1) is 5.92 Å². The van der Waals surface area contributed by atoms with Crippen LogP contribution in [0.3, 0.4) is 0 Å². The lowest BCUT2D eigenvalue weighted by Crippen LogP contribution is -2.20. The zero-order valence-corrected chi connectivity index (χ0v) is 6.45. The molecule has 0 aliphatic rings. The maximum Gasteiger partial charge on any atom is 0.392 e. The summed E-state index contributed by atoms with van der Waals surface area (Å²) in [6, 6.07) is 0. The summed E-state index contributed by atoms with van der Waals surface area (Å²) in [6.45, 7) is 1.17. The van der Waals surface area contributed by atoms with Crippen LogP contribution in [-0.2, 0) is 0 Å². The molecule has 0 spiro atoms. The summed E-state index contributed by atoms with van der Waals surface area (Å²) >= 11 is 1.72. The molecule has 0 saturated heterocycles. The largest absolute Gasteiger partial charge is 0.392 e. The predicted molar refractivity (Wildman–Crippen MR) is 34.1 cm³/mol. The van der Waals surface area contributed by atoms with Crippen molar-refractivity contribution in [3.8, 4) is 0 Å². The van der Waals surface area contributed by atoms with Gasteiger partial charge in [0.1, 0.15) is 0 Å². The SMILES string of the molecule is C[C@@H](CI)C(F)(F)F. The molecule has 0 nitrogen and oxygen atoms in total. The van der Waals surface area contributed by atoms with Crippen LogP contribution in [-0.4, -0.2) is 10.6 Å². The Morgan fingerprint density at radius 3 is 1.88 bits per heavy atom. The minimum Gasteiger partial charge on any atom is -0.171 e. The van der Waals surface area contributed by atoms with Crippen LogP contribution in [0.1, 0.15) is 6.92 Å². The fourth-order valence-electron chi connectivity index (χ4n) is 0.0875. The van der Waals surface area contributed by atoms with Gasteiger partial charge in [0.25, 0.3) is 0 Å². The Bertz CT molecular complexity index is 68.2. The second-order valence-electron chi connectivity index (χ2n) is 1.60. The highest BCUT2D eigenvalue weighted by molar-refractivity contribution is 14.1. The molecular weight excluding hydrogens is 232 g/mol. The van der Waals surface area contributed by atoms with Crippen molar-refractivity contribution in [2.75, 3.05) is 4.43 Å². The average Bonchev–Trinajstić information content (AvgIpc) is 1.62. The molecule has 0 bridgehead atoms. The molecule has 0 aromatic heterocycles. The first kappa shape index (κ1) is 8.52. The predicted octanol–water partition coefficient (Wildman–Crippen LogP) is 2.62. The number of alkyl halides is 4. The molecule has 8 heavy (non-hydrogen) atoms. The third-order valence-corrected chi connectivity index (χ3v) is 2.11. The highest BCUT2D eigenvalue weighted by atomic mass is 127. The fourth-order valence-corrected chi connectivity index (χ4v) is 0.587. The third kappa shape index (κ3) is 2.74. The molecule has 0 saturated carbocycles. The topological polar surface area (TPSA) is 0 Å². The van der Waals surface area contributed by atoms with Crippen molar-refractivity contribution in [2.45, 2.75) is 13.1 Å². The van der Waals surface area contributed by atoms with E-state index in [0.717, 1.165) is 0 Å². The summed E-state index contributed by atoms with van der Waals surface area (Å²) < 4.78 is 34.5. The molecule has 4 heteroatoms. The van der Waals surface area contributed by atoms with Crippen LogP contribution in [0.5, 0.6) is 0 Å². The summed E-state index contributed by atoms with van der Waals surface area (Å²) in [7, 11) is 0. The standard InChI is InChI=1S/C4H6F3I/c1-3(2-8)4(5,6)7/h3H,2H2,1H3/t3-/m0/s1. The number of halogens is 4. The lowest BCUT2D eigenvalue weighted by Gasteiger charge is -2.10. The number of hydrogen-bond acceptors (Lipinski definition) is 0. The van der Waals surface area contributed by atoms with Crippen molar-refractivity contribution < 1.29 is 13.2 Å². The average molecular weight is 238 g/mol. The lowest BCUT2D eigenvalue weighted by molar-refractivity contribution is -0.162. The van der Waals surface area contributed by atoms with E-state index in [1.165, 1.54) is 6.92 Å². The Hall–Kier alpha value is 0.520. The van der Waals surface area contributed by atoms with Crippen molar-refractivity contribution in [3.05, 3.63) is 0 Å². The van der Waals surface area contributed by atoms with Crippen LogP contribution >= 0.6 is 22.6 Å². The van der Waals surface area contributed by atoms with Crippen LogP contribution in [0.4, 0.5) is 13.2 Å². The van der Waals surface area contributed by atoms with Gasteiger partial charge >= 0.3 is 6.18 Å². The Balaban J connectivity index is 3.62. The Kier molecular flexibility index (Phi) is 3.08. The van der Waals surface area contributed by atoms with Gasteiger partial charge in [-0.1, -0.05) is 29.5 Å². The second-order valence-corrected chi connectivity index (χ2v) is 2.48. The fraction of sp³-hybridized carbons (Fsp3) is 1.00. The van der Waals surface area contributed by atoms with Crippen molar-refractivity contribution in [3.63, 3.8) is 0 Å². The molecule has 50 valence electrons. The maximum atomic E-state index is 11.4. The first-order chi connectivity index (χ1) is 3.48. The van der Waals surface area contributed by atoms with Gasteiger partial charge in [0, 0.05) is 4.43 Å². The van der Waals surface area contributed by atoms with Crippen LogP contribution in [0.25, 0.3) is 0 Å². The first-order valence-electron chi connectivity index (χ1n) is 2.11. The van der Waals surface area contributed by atoms with Crippen LogP contribution in [0.15, 0.2) is 0 Å². The van der Waals surface area contributed by atoms with Crippen LogP contribution < -0.4 is 0 Å². The Labute approximate surface area is 59.6 Å². The minimum absolute atomic E-state index is 0.140. The van der Waals surface area contributed by atoms with Gasteiger partial charge in [0.05, 0.1) is 5.92 Å². The van der Waals surface area contributed by atoms with Crippen molar-refractivity contribution in [2.24, 2.45) is 5.92 Å². The molecule has 0 aliphatic heterocycles. The van der Waals surface area contributed by atoms with E-state index in [9.17, 15) is 13.2 Å². The molecule has 0 aliphatic carbocycles. The van der Waals surface area contributed by atoms with E-state index in [4.69, 9.17) is 0 Å². The van der Waals surface area contributed by atoms with E-state index in [-0.39, 0.29) is 4.43 Å². The maximum absolute atomic E-state index is 11.4. The molecule has 0 amide bonds. The first-order valence-corrected chi connectivity index (χ1v) is 3.63. The molecule has 0 aromatic carbocycles. The van der Waals surface area contributed by atoms with Gasteiger partial charge < -0.3 is 0 Å². The number of hydrogen-bond donors (Lipinski definition) is 0. The molecule has 0 unspecified atom stereocenters. The molecular formula is C4H6F3I. The van der Waals surface area contributed by atoms with E-state index in [1.54, 1.807) is 22.6 Å². The molecule has 0 N–H and O–H groups in total. The molecule has 0 aromatic rings. The Morgan fingerprint density at radius 2 is 1.88 bits per heavy atom. The third-order valence-electron chi connectivity index (χ3n) is 0.790. The lowest BCUT2D eigenvalue weighted by atomic mass is 10.2. The zero-order valence-electron chi connectivity index (χ0n) is 4.30. The van der Waals surface area contributed by atoms with E-state index in [0.29, 0.717) is 0 Å². The molecule has 0 fully saturated rings. The normalized spacial score (nSPS) is 16.1. The smallest absolute Gasteiger partial charge is 0.171 e. The van der Waals surface area contributed by atoms with Gasteiger partial charge in [-0.2, -0.15) is 13.2 Å². The van der Waals surface area contributed by atoms with Gasteiger partial charge in [-0.25, -0.2) is 0 Å². The van der Waals surface area contributed by atoms with Gasteiger partial charge in [0.2, 0.25) is 0 Å². The van der Waals surface area contributed by atoms with E-state index >= 15 is 0 Å². The summed E-state index contributed by atoms with van der Waals surface area (Å²) in [6.07, 6.45) is -4.00. The quantitative estimate of drug-likeness (QED) is 0.486. The Morgan fingerprint density at radius 1 is 1.50 bits per heavy atom. The molecule has 0 radical (unpaired) electrons. The zero-order chi connectivity index (χ0) is 6.78. The molecule has 0 rings (SSSR count). The van der Waals surface area contributed by atoms with Crippen molar-refractivity contribution >= 4 is 22.6 Å². The highest BCUT2D eigenvalue weighted by Gasteiger charge is 2.34. The van der Waals surface area contributed by atoms with Gasteiger partial charge in [-0.3, -0.25) is 0 Å². The van der Waals surface area contributed by atoms with Gasteiger partial charge in [-0.15, -0.1) is 0 Å². The summed E-state index contributed by atoms with van der Waals surface area (Å²) in [5.74, 6) is -1.16. The van der Waals surface area contributed by atoms with Crippen LogP contribution in [0.2, 0.25) is 0 Å².